The first kappa shape index (κ1) is 28.6. The van der Waals surface area contributed by atoms with Gasteiger partial charge >= 0.3 is 0 Å². The first-order valence-corrected chi connectivity index (χ1v) is 16.7. The second kappa shape index (κ2) is 11.5. The Morgan fingerprint density at radius 2 is 1.32 bits per heavy atom. The summed E-state index contributed by atoms with van der Waals surface area (Å²) >= 11 is 1.22. The molecule has 1 heterocycles. The van der Waals surface area contributed by atoms with Crippen molar-refractivity contribution >= 4 is 52.5 Å². The summed E-state index contributed by atoms with van der Waals surface area (Å²) in [5.41, 5.74) is 2.60. The summed E-state index contributed by atoms with van der Waals surface area (Å²) in [7, 11) is -5.67. The first-order chi connectivity index (χ1) is 19.5. The van der Waals surface area contributed by atoms with Crippen LogP contribution in [-0.2, 0) is 33.0 Å². The average molecular weight is 606 g/mol. The summed E-state index contributed by atoms with van der Waals surface area (Å²) in [6.07, 6.45) is 1.14. The van der Waals surface area contributed by atoms with Gasteiger partial charge in [-0.2, -0.15) is 4.31 Å². The number of rotatable bonds is 9. The molecular formula is C30H27N3O5S3. The molecule has 0 aliphatic heterocycles. The Hall–Kier alpha value is -3.90. The molecule has 5 aromatic rings. The number of nitrogens with zero attached hydrogens (tertiary/aromatic N) is 3. The highest BCUT2D eigenvalue weighted by Crippen LogP contribution is 2.32. The first-order valence-electron chi connectivity index (χ1n) is 12.6. The van der Waals surface area contributed by atoms with Crippen LogP contribution in [0, 0.1) is 0 Å². The van der Waals surface area contributed by atoms with Crippen LogP contribution >= 0.6 is 11.3 Å². The number of hydrogen-bond acceptors (Lipinski definition) is 7. The maximum absolute atomic E-state index is 13.8. The molecule has 0 fully saturated rings. The second-order valence-electron chi connectivity index (χ2n) is 9.55. The third kappa shape index (κ3) is 6.38. The minimum atomic E-state index is -3.79. The normalized spacial score (nSPS) is 12.1. The lowest BCUT2D eigenvalue weighted by Gasteiger charge is -2.21. The van der Waals surface area contributed by atoms with E-state index in [0.717, 1.165) is 17.4 Å². The van der Waals surface area contributed by atoms with Crippen molar-refractivity contribution in [2.75, 3.05) is 18.2 Å². The van der Waals surface area contributed by atoms with Gasteiger partial charge in [0.05, 0.1) is 26.6 Å². The number of benzene rings is 4. The van der Waals surface area contributed by atoms with E-state index >= 15 is 0 Å². The van der Waals surface area contributed by atoms with E-state index in [1.807, 2.05) is 60.7 Å². The van der Waals surface area contributed by atoms with Crippen LogP contribution in [0.15, 0.2) is 113 Å². The molecule has 0 unspecified atom stereocenters. The third-order valence-electron chi connectivity index (χ3n) is 6.49. The predicted molar refractivity (Wildman–Crippen MR) is 161 cm³/mol. The van der Waals surface area contributed by atoms with E-state index in [1.165, 1.54) is 57.9 Å². The summed E-state index contributed by atoms with van der Waals surface area (Å²) in [6.45, 7) is 0.436. The summed E-state index contributed by atoms with van der Waals surface area (Å²) in [5, 5.41) is 0.402. The average Bonchev–Trinajstić information content (AvgIpc) is 3.39. The number of sulfone groups is 1. The highest BCUT2D eigenvalue weighted by atomic mass is 32.2. The lowest BCUT2D eigenvalue weighted by atomic mass is 10.1. The standard InChI is InChI=1S/C30H27N3O5S3/c1-32(20-22-9-5-3-6-10-22)41(37,38)25-15-13-24(14-16-25)29(34)33(21-23-11-7-4-8-12-23)30-31-27-18-17-26(40(2,35)36)19-28(27)39-30/h3-19H,20-21H2,1-2H3. The van der Waals surface area contributed by atoms with Gasteiger partial charge in [-0.3, -0.25) is 9.69 Å². The van der Waals surface area contributed by atoms with Crippen molar-refractivity contribution in [2.45, 2.75) is 22.9 Å². The van der Waals surface area contributed by atoms with Gasteiger partial charge in [0.15, 0.2) is 15.0 Å². The van der Waals surface area contributed by atoms with Crippen LogP contribution < -0.4 is 4.90 Å². The largest absolute Gasteiger partial charge is 0.279 e. The molecule has 0 N–H and O–H groups in total. The highest BCUT2D eigenvalue weighted by molar-refractivity contribution is 7.90. The van der Waals surface area contributed by atoms with Gasteiger partial charge < -0.3 is 0 Å². The van der Waals surface area contributed by atoms with Gasteiger partial charge in [-0.05, 0) is 53.6 Å². The van der Waals surface area contributed by atoms with Crippen molar-refractivity contribution in [3.05, 3.63) is 120 Å². The number of hydrogen-bond donors (Lipinski definition) is 0. The summed E-state index contributed by atoms with van der Waals surface area (Å²) in [6, 6.07) is 29.3. The van der Waals surface area contributed by atoms with Gasteiger partial charge in [-0.25, -0.2) is 21.8 Å². The van der Waals surface area contributed by atoms with E-state index in [-0.39, 0.29) is 28.8 Å². The molecule has 0 atom stereocenters. The molecule has 210 valence electrons. The molecule has 0 saturated carbocycles. The van der Waals surface area contributed by atoms with E-state index in [9.17, 15) is 21.6 Å². The lowest BCUT2D eigenvalue weighted by molar-refractivity contribution is 0.0985. The summed E-state index contributed by atoms with van der Waals surface area (Å²) in [4.78, 5) is 20.2. The fraction of sp³-hybridized carbons (Fsp3) is 0.133. The minimum Gasteiger partial charge on any atom is -0.279 e. The number of thiazole rings is 1. The zero-order valence-electron chi connectivity index (χ0n) is 22.3. The van der Waals surface area contributed by atoms with Crippen LogP contribution in [0.1, 0.15) is 21.5 Å². The van der Waals surface area contributed by atoms with Crippen LogP contribution in [0.4, 0.5) is 5.13 Å². The van der Waals surface area contributed by atoms with Crippen molar-refractivity contribution in [1.29, 1.82) is 0 Å². The fourth-order valence-electron chi connectivity index (χ4n) is 4.26. The van der Waals surface area contributed by atoms with Gasteiger partial charge in [-0.1, -0.05) is 72.0 Å². The molecule has 1 amide bonds. The zero-order valence-corrected chi connectivity index (χ0v) is 24.8. The quantitative estimate of drug-likeness (QED) is 0.224. The van der Waals surface area contributed by atoms with Gasteiger partial charge in [0, 0.05) is 25.4 Å². The van der Waals surface area contributed by atoms with Crippen LogP contribution in [0.5, 0.6) is 0 Å². The molecule has 5 rings (SSSR count). The predicted octanol–water partition coefficient (Wildman–Crippen LogP) is 5.37. The Morgan fingerprint density at radius 1 is 0.756 bits per heavy atom. The van der Waals surface area contributed by atoms with Crippen molar-refractivity contribution < 1.29 is 21.6 Å². The van der Waals surface area contributed by atoms with Crippen LogP contribution in [0.25, 0.3) is 10.2 Å². The number of amides is 1. The smallest absolute Gasteiger partial charge is 0.260 e. The SMILES string of the molecule is CN(Cc1ccccc1)S(=O)(=O)c1ccc(C(=O)N(Cc2ccccc2)c2nc3ccc(S(C)(=O)=O)cc3s2)cc1. The van der Waals surface area contributed by atoms with Gasteiger partial charge in [-0.15, -0.1) is 0 Å². The van der Waals surface area contributed by atoms with Gasteiger partial charge in [0.2, 0.25) is 10.0 Å². The molecule has 0 saturated heterocycles. The maximum atomic E-state index is 13.8. The van der Waals surface area contributed by atoms with Crippen molar-refractivity contribution in [3.8, 4) is 0 Å². The molecule has 0 spiro atoms. The Kier molecular flexibility index (Phi) is 8.05. The summed E-state index contributed by atoms with van der Waals surface area (Å²) in [5.74, 6) is -0.363. The molecule has 8 nitrogen and oxygen atoms in total. The maximum Gasteiger partial charge on any atom is 0.260 e. The molecule has 4 aromatic carbocycles. The highest BCUT2D eigenvalue weighted by Gasteiger charge is 2.25. The monoisotopic (exact) mass is 605 g/mol. The number of fused-ring (bicyclic) bond motifs is 1. The van der Waals surface area contributed by atoms with Crippen LogP contribution in [0.3, 0.4) is 0 Å². The molecule has 1 aromatic heterocycles. The van der Waals surface area contributed by atoms with Gasteiger partial charge in [0.1, 0.15) is 0 Å². The van der Waals surface area contributed by atoms with Crippen molar-refractivity contribution in [2.24, 2.45) is 0 Å². The molecule has 41 heavy (non-hydrogen) atoms. The van der Waals surface area contributed by atoms with Crippen LogP contribution in [0.2, 0.25) is 0 Å². The number of carbonyl (C=O) groups excluding carboxylic acids is 1. The zero-order chi connectivity index (χ0) is 29.2. The lowest BCUT2D eigenvalue weighted by Crippen LogP contribution is -2.30. The molecule has 0 radical (unpaired) electrons. The van der Waals surface area contributed by atoms with Gasteiger partial charge in [0.25, 0.3) is 5.91 Å². The Bertz CT molecular complexity index is 1910. The number of sulfonamides is 1. The summed E-state index contributed by atoms with van der Waals surface area (Å²) < 4.78 is 52.4. The Balaban J connectivity index is 1.45. The second-order valence-corrected chi connectivity index (χ2v) is 14.6. The number of carbonyl (C=O) groups is 1. The molecular weight excluding hydrogens is 579 g/mol. The van der Waals surface area contributed by atoms with E-state index in [2.05, 4.69) is 4.98 Å². The third-order valence-corrected chi connectivity index (χ3v) is 10.5. The molecule has 11 heteroatoms. The van der Waals surface area contributed by atoms with E-state index < -0.39 is 19.9 Å². The van der Waals surface area contributed by atoms with E-state index in [1.54, 1.807) is 12.1 Å². The number of anilines is 1. The minimum absolute atomic E-state index is 0.0791. The Labute approximate surface area is 243 Å². The Morgan fingerprint density at radius 3 is 1.90 bits per heavy atom. The van der Waals surface area contributed by atoms with E-state index in [0.29, 0.717) is 20.9 Å². The topological polar surface area (TPSA) is 105 Å². The van der Waals surface area contributed by atoms with Crippen molar-refractivity contribution in [1.82, 2.24) is 9.29 Å². The molecule has 0 bridgehead atoms. The number of aromatic nitrogens is 1. The van der Waals surface area contributed by atoms with Crippen molar-refractivity contribution in [3.63, 3.8) is 0 Å². The fourth-order valence-corrected chi connectivity index (χ4v) is 7.15. The molecule has 0 aliphatic carbocycles. The van der Waals surface area contributed by atoms with Crippen LogP contribution in [-0.4, -0.2) is 45.3 Å². The molecule has 0 aliphatic rings. The van der Waals surface area contributed by atoms with E-state index in [4.69, 9.17) is 0 Å².